The van der Waals surface area contributed by atoms with Crippen LogP contribution >= 0.6 is 0 Å². The number of aromatic nitrogens is 1. The first-order chi connectivity index (χ1) is 11.5. The van der Waals surface area contributed by atoms with Crippen LogP contribution in [0.2, 0.25) is 0 Å². The third-order valence-electron chi connectivity index (χ3n) is 3.50. The van der Waals surface area contributed by atoms with Crippen molar-refractivity contribution >= 4 is 10.0 Å². The molecule has 124 valence electrons. The molecule has 0 amide bonds. The number of aryl methyl sites for hydroxylation is 1. The van der Waals surface area contributed by atoms with Gasteiger partial charge in [0.15, 0.2) is 5.76 Å². The van der Waals surface area contributed by atoms with Crippen LogP contribution < -0.4 is 4.72 Å². The molecule has 1 aromatic carbocycles. The third kappa shape index (κ3) is 3.52. The Labute approximate surface area is 139 Å². The maximum Gasteiger partial charge on any atom is 0.240 e. The van der Waals surface area contributed by atoms with Crippen molar-refractivity contribution in [3.63, 3.8) is 0 Å². The van der Waals surface area contributed by atoms with Gasteiger partial charge >= 0.3 is 0 Å². The second-order valence-corrected chi connectivity index (χ2v) is 7.03. The molecule has 0 bridgehead atoms. The van der Waals surface area contributed by atoms with E-state index in [9.17, 15) is 12.8 Å². The van der Waals surface area contributed by atoms with Gasteiger partial charge in [-0.25, -0.2) is 17.5 Å². The molecular weight excluding hydrogens is 331 g/mol. The Bertz CT molecular complexity index is 936. The van der Waals surface area contributed by atoms with E-state index in [0.717, 1.165) is 6.07 Å². The fraction of sp³-hybridized carbons (Fsp3) is 0.118. The van der Waals surface area contributed by atoms with E-state index in [0.29, 0.717) is 17.0 Å². The summed E-state index contributed by atoms with van der Waals surface area (Å²) in [6.07, 6.45) is 3.14. The van der Waals surface area contributed by atoms with E-state index in [1.165, 1.54) is 19.1 Å². The summed E-state index contributed by atoms with van der Waals surface area (Å²) >= 11 is 0. The van der Waals surface area contributed by atoms with Crippen molar-refractivity contribution in [2.75, 3.05) is 0 Å². The highest BCUT2D eigenvalue weighted by molar-refractivity contribution is 7.89. The first kappa shape index (κ1) is 16.4. The highest BCUT2D eigenvalue weighted by Crippen LogP contribution is 2.18. The van der Waals surface area contributed by atoms with Crippen LogP contribution in [-0.2, 0) is 16.6 Å². The maximum absolute atomic E-state index is 13.3. The predicted octanol–water partition coefficient (Wildman–Crippen LogP) is 3.27. The average Bonchev–Trinajstić information content (AvgIpc) is 3.10. The van der Waals surface area contributed by atoms with Gasteiger partial charge in [0.1, 0.15) is 11.5 Å². The van der Waals surface area contributed by atoms with Gasteiger partial charge in [-0.1, -0.05) is 6.07 Å². The van der Waals surface area contributed by atoms with Crippen LogP contribution in [0, 0.1) is 12.7 Å². The lowest BCUT2D eigenvalue weighted by Crippen LogP contribution is -2.23. The van der Waals surface area contributed by atoms with E-state index >= 15 is 0 Å². The Morgan fingerprint density at radius 3 is 2.67 bits per heavy atom. The van der Waals surface area contributed by atoms with Gasteiger partial charge in [-0.2, -0.15) is 0 Å². The molecule has 0 fully saturated rings. The van der Waals surface area contributed by atoms with Crippen LogP contribution in [-0.4, -0.2) is 13.4 Å². The van der Waals surface area contributed by atoms with E-state index in [-0.39, 0.29) is 17.0 Å². The van der Waals surface area contributed by atoms with Crippen molar-refractivity contribution in [1.82, 2.24) is 9.71 Å². The van der Waals surface area contributed by atoms with Crippen LogP contribution in [0.1, 0.15) is 11.1 Å². The first-order valence-corrected chi connectivity index (χ1v) is 8.69. The van der Waals surface area contributed by atoms with Crippen LogP contribution in [0.5, 0.6) is 0 Å². The fourth-order valence-electron chi connectivity index (χ4n) is 2.15. The Kier molecular flexibility index (Phi) is 4.46. The topological polar surface area (TPSA) is 72.2 Å². The lowest BCUT2D eigenvalue weighted by molar-refractivity contribution is 0.578. The molecule has 0 aliphatic heterocycles. The number of hydrogen-bond donors (Lipinski definition) is 1. The fourth-order valence-corrected chi connectivity index (χ4v) is 3.25. The Balaban J connectivity index is 1.71. The van der Waals surface area contributed by atoms with E-state index in [4.69, 9.17) is 4.42 Å². The Morgan fingerprint density at radius 2 is 2.04 bits per heavy atom. The molecule has 24 heavy (non-hydrogen) atoms. The normalized spacial score (nSPS) is 11.6. The number of benzene rings is 1. The molecule has 0 aliphatic carbocycles. The number of furan rings is 1. The number of rotatable bonds is 5. The summed E-state index contributed by atoms with van der Waals surface area (Å²) in [5, 5.41) is 0. The van der Waals surface area contributed by atoms with Crippen molar-refractivity contribution < 1.29 is 17.2 Å². The summed E-state index contributed by atoms with van der Waals surface area (Å²) in [4.78, 5) is 4.27. The number of sulfonamides is 1. The molecule has 0 saturated heterocycles. The minimum Gasteiger partial charge on any atom is -0.463 e. The summed E-state index contributed by atoms with van der Waals surface area (Å²) < 4.78 is 45.5. The quantitative estimate of drug-likeness (QED) is 0.770. The van der Waals surface area contributed by atoms with Crippen LogP contribution in [0.15, 0.2) is 64.2 Å². The maximum atomic E-state index is 13.3. The number of nitrogens with one attached hydrogen (secondary N) is 1. The molecule has 5 nitrogen and oxygen atoms in total. The monoisotopic (exact) mass is 346 g/mol. The predicted molar refractivity (Wildman–Crippen MR) is 87.1 cm³/mol. The van der Waals surface area contributed by atoms with Crippen LogP contribution in [0.25, 0.3) is 11.5 Å². The van der Waals surface area contributed by atoms with Crippen LogP contribution in [0.3, 0.4) is 0 Å². The van der Waals surface area contributed by atoms with Gasteiger partial charge < -0.3 is 4.42 Å². The average molecular weight is 346 g/mol. The smallest absolute Gasteiger partial charge is 0.240 e. The van der Waals surface area contributed by atoms with Gasteiger partial charge in [-0.05, 0) is 54.4 Å². The van der Waals surface area contributed by atoms with Gasteiger partial charge in [0.2, 0.25) is 10.0 Å². The van der Waals surface area contributed by atoms with E-state index in [2.05, 4.69) is 9.71 Å². The molecule has 0 spiro atoms. The van der Waals surface area contributed by atoms with Crippen molar-refractivity contribution in [2.45, 2.75) is 18.4 Å². The second kappa shape index (κ2) is 6.54. The first-order valence-electron chi connectivity index (χ1n) is 7.20. The van der Waals surface area contributed by atoms with E-state index in [1.54, 1.807) is 36.7 Å². The highest BCUT2D eigenvalue weighted by atomic mass is 32.2. The molecule has 2 aromatic heterocycles. The zero-order chi connectivity index (χ0) is 17.2. The molecule has 0 unspecified atom stereocenters. The minimum absolute atomic E-state index is 0.0292. The van der Waals surface area contributed by atoms with Crippen LogP contribution in [0.4, 0.5) is 4.39 Å². The number of halogens is 1. The molecule has 2 heterocycles. The van der Waals surface area contributed by atoms with Crippen molar-refractivity contribution in [1.29, 1.82) is 0 Å². The molecule has 0 radical (unpaired) electrons. The highest BCUT2D eigenvalue weighted by Gasteiger charge is 2.15. The standard InChI is InChI=1S/C17H15FN2O3S/c1-12-9-14(5-6-15(12)18)24(21,22)20-11-13-4-7-16(19-10-13)17-3-2-8-23-17/h2-10,20H,11H2,1H3. The molecule has 7 heteroatoms. The summed E-state index contributed by atoms with van der Waals surface area (Å²) in [6.45, 7) is 1.61. The van der Waals surface area contributed by atoms with Crippen molar-refractivity contribution in [3.05, 3.63) is 71.9 Å². The summed E-state index contributed by atoms with van der Waals surface area (Å²) in [6, 6.07) is 10.8. The molecule has 0 saturated carbocycles. The minimum atomic E-state index is -3.71. The molecule has 3 aromatic rings. The van der Waals surface area contributed by atoms with Gasteiger partial charge in [0.05, 0.1) is 11.2 Å². The van der Waals surface area contributed by atoms with Gasteiger partial charge in [0, 0.05) is 12.7 Å². The molecule has 0 aliphatic rings. The van der Waals surface area contributed by atoms with Gasteiger partial charge in [-0.3, -0.25) is 4.98 Å². The van der Waals surface area contributed by atoms with Crippen molar-refractivity contribution in [3.8, 4) is 11.5 Å². The summed E-state index contributed by atoms with van der Waals surface area (Å²) in [7, 11) is -3.71. The zero-order valence-corrected chi connectivity index (χ0v) is 13.7. The molecule has 0 atom stereocenters. The SMILES string of the molecule is Cc1cc(S(=O)(=O)NCc2ccc(-c3ccco3)nc2)ccc1F. The van der Waals surface area contributed by atoms with E-state index < -0.39 is 15.8 Å². The largest absolute Gasteiger partial charge is 0.463 e. The number of hydrogen-bond acceptors (Lipinski definition) is 4. The van der Waals surface area contributed by atoms with Gasteiger partial charge in [-0.15, -0.1) is 0 Å². The third-order valence-corrected chi connectivity index (χ3v) is 4.90. The summed E-state index contributed by atoms with van der Waals surface area (Å²) in [5.74, 6) is 0.204. The Hall–Kier alpha value is -2.51. The number of nitrogens with zero attached hydrogens (tertiary/aromatic N) is 1. The number of pyridine rings is 1. The lowest BCUT2D eigenvalue weighted by Gasteiger charge is -2.08. The molecule has 1 N–H and O–H groups in total. The molecular formula is C17H15FN2O3S. The zero-order valence-electron chi connectivity index (χ0n) is 12.9. The summed E-state index contributed by atoms with van der Waals surface area (Å²) in [5.41, 5.74) is 1.65. The molecule has 3 rings (SSSR count). The second-order valence-electron chi connectivity index (χ2n) is 5.26. The van der Waals surface area contributed by atoms with E-state index in [1.807, 2.05) is 0 Å². The lowest BCUT2D eigenvalue weighted by atomic mass is 10.2. The van der Waals surface area contributed by atoms with Gasteiger partial charge in [0.25, 0.3) is 0 Å². The Morgan fingerprint density at radius 1 is 1.21 bits per heavy atom. The van der Waals surface area contributed by atoms with Crippen molar-refractivity contribution in [2.24, 2.45) is 0 Å².